The van der Waals surface area contributed by atoms with Crippen molar-refractivity contribution in [1.82, 2.24) is 15.1 Å². The maximum atomic E-state index is 12.2. The molecule has 0 unspecified atom stereocenters. The van der Waals surface area contributed by atoms with Crippen LogP contribution in [0.5, 0.6) is 0 Å². The minimum absolute atomic E-state index is 0.119. The first-order valence-electron chi connectivity index (χ1n) is 8.03. The number of aliphatic imine (C=N–C) groups is 1. The van der Waals surface area contributed by atoms with E-state index in [0.717, 1.165) is 36.4 Å². The van der Waals surface area contributed by atoms with Crippen LogP contribution in [0.3, 0.4) is 0 Å². The quantitative estimate of drug-likeness (QED) is 0.574. The van der Waals surface area contributed by atoms with E-state index in [2.05, 4.69) is 10.3 Å². The number of carbonyl (C=O) groups is 1. The van der Waals surface area contributed by atoms with Gasteiger partial charge in [0.2, 0.25) is 5.91 Å². The molecule has 0 aliphatic carbocycles. The fraction of sp³-hybridized carbons (Fsp3) is 0.625. The van der Waals surface area contributed by atoms with Gasteiger partial charge in [0.25, 0.3) is 0 Å². The van der Waals surface area contributed by atoms with Gasteiger partial charge in [-0.2, -0.15) is 0 Å². The van der Waals surface area contributed by atoms with E-state index in [9.17, 15) is 4.79 Å². The zero-order chi connectivity index (χ0) is 17.2. The lowest BCUT2D eigenvalue weighted by molar-refractivity contribution is -0.131. The molecule has 5 nitrogen and oxygen atoms in total. The molecule has 1 N–H and O–H groups in total. The lowest BCUT2D eigenvalue weighted by Crippen LogP contribution is -2.45. The summed E-state index contributed by atoms with van der Waals surface area (Å²) >= 11 is 7.52. The lowest BCUT2D eigenvalue weighted by Gasteiger charge is -2.25. The largest absolute Gasteiger partial charge is 0.357 e. The van der Waals surface area contributed by atoms with Crippen molar-refractivity contribution in [3.05, 3.63) is 21.3 Å². The molecule has 1 aromatic rings. The summed E-state index contributed by atoms with van der Waals surface area (Å²) in [6.45, 7) is 9.25. The van der Waals surface area contributed by atoms with Gasteiger partial charge in [-0.25, -0.2) is 0 Å². The van der Waals surface area contributed by atoms with Crippen LogP contribution in [0.1, 0.15) is 25.6 Å². The summed E-state index contributed by atoms with van der Waals surface area (Å²) < 4.78 is 0.804. The Kier molecular flexibility index (Phi) is 9.02. The second-order valence-electron chi connectivity index (χ2n) is 5.11. The monoisotopic (exact) mass is 358 g/mol. The number of nitrogens with zero attached hydrogens (tertiary/aromatic N) is 3. The Bertz CT molecular complexity index is 514. The van der Waals surface area contributed by atoms with Crippen LogP contribution >= 0.6 is 22.9 Å². The third-order valence-electron chi connectivity index (χ3n) is 3.43. The van der Waals surface area contributed by atoms with Gasteiger partial charge in [-0.15, -0.1) is 11.3 Å². The van der Waals surface area contributed by atoms with Crippen molar-refractivity contribution >= 4 is 34.8 Å². The van der Waals surface area contributed by atoms with E-state index >= 15 is 0 Å². The van der Waals surface area contributed by atoms with Gasteiger partial charge in [0.15, 0.2) is 5.96 Å². The molecule has 0 saturated carbocycles. The molecule has 7 heteroatoms. The third kappa shape index (κ3) is 6.79. The first-order chi connectivity index (χ1) is 11.0. The van der Waals surface area contributed by atoms with Crippen molar-refractivity contribution in [2.24, 2.45) is 4.99 Å². The highest BCUT2D eigenvalue weighted by molar-refractivity contribution is 7.16. The molecular formula is C16H27ClN4OS. The number of hydrogen-bond donors (Lipinski definition) is 1. The number of hydrogen-bond acceptors (Lipinski definition) is 3. The Balaban J connectivity index is 2.60. The summed E-state index contributed by atoms with van der Waals surface area (Å²) in [6.07, 6.45) is 0.851. The number of halogens is 1. The Hall–Kier alpha value is -1.27. The first kappa shape index (κ1) is 19.8. The van der Waals surface area contributed by atoms with Crippen LogP contribution in [0.2, 0.25) is 4.34 Å². The number of likely N-dealkylation sites (N-methyl/N-ethyl adjacent to an activating group) is 2. The van der Waals surface area contributed by atoms with Crippen LogP contribution in [-0.2, 0) is 11.2 Å². The van der Waals surface area contributed by atoms with Crippen LogP contribution in [0.4, 0.5) is 0 Å². The van der Waals surface area contributed by atoms with Crippen LogP contribution in [0, 0.1) is 0 Å². The predicted octanol–water partition coefficient (Wildman–Crippen LogP) is 2.71. The van der Waals surface area contributed by atoms with E-state index in [1.807, 2.05) is 49.8 Å². The van der Waals surface area contributed by atoms with Crippen LogP contribution < -0.4 is 5.32 Å². The number of nitrogens with one attached hydrogen (secondary N) is 1. The molecule has 0 spiro atoms. The molecule has 23 heavy (non-hydrogen) atoms. The zero-order valence-corrected chi connectivity index (χ0v) is 16.0. The van der Waals surface area contributed by atoms with Gasteiger partial charge in [-0.3, -0.25) is 9.79 Å². The summed E-state index contributed by atoms with van der Waals surface area (Å²) in [6, 6.07) is 3.94. The number of amides is 1. The summed E-state index contributed by atoms with van der Waals surface area (Å²) in [4.78, 5) is 21.7. The summed E-state index contributed by atoms with van der Waals surface area (Å²) in [7, 11) is 1.89. The van der Waals surface area contributed by atoms with Crippen molar-refractivity contribution in [2.75, 3.05) is 39.8 Å². The van der Waals surface area contributed by atoms with Crippen molar-refractivity contribution < 1.29 is 4.79 Å². The van der Waals surface area contributed by atoms with Crippen LogP contribution in [0.25, 0.3) is 0 Å². The molecule has 1 aromatic heterocycles. The Labute approximate surface area is 148 Å². The third-order valence-corrected chi connectivity index (χ3v) is 4.72. The average molecular weight is 359 g/mol. The molecule has 0 atom stereocenters. The molecule has 1 rings (SSSR count). The molecular weight excluding hydrogens is 332 g/mol. The van der Waals surface area contributed by atoms with E-state index in [4.69, 9.17) is 11.6 Å². The van der Waals surface area contributed by atoms with E-state index in [-0.39, 0.29) is 5.91 Å². The first-order valence-corrected chi connectivity index (χ1v) is 9.22. The standard InChI is InChI=1S/C16H27ClN4OS/c1-5-18-16(19-11-10-13-8-9-14(17)23-13)20(4)12-15(22)21(6-2)7-3/h8-9H,5-7,10-12H2,1-4H3,(H,18,19). The zero-order valence-electron chi connectivity index (χ0n) is 14.4. The van der Waals surface area contributed by atoms with Gasteiger partial charge in [0.05, 0.1) is 10.9 Å². The smallest absolute Gasteiger partial charge is 0.242 e. The highest BCUT2D eigenvalue weighted by atomic mass is 35.5. The van der Waals surface area contributed by atoms with Crippen LogP contribution in [0.15, 0.2) is 17.1 Å². The lowest BCUT2D eigenvalue weighted by atomic mass is 10.3. The van der Waals surface area contributed by atoms with E-state index in [1.165, 1.54) is 4.88 Å². The highest BCUT2D eigenvalue weighted by Crippen LogP contribution is 2.21. The Morgan fingerprint density at radius 3 is 2.52 bits per heavy atom. The minimum Gasteiger partial charge on any atom is -0.357 e. The van der Waals surface area contributed by atoms with Crippen LogP contribution in [-0.4, -0.2) is 61.4 Å². The molecule has 0 saturated heterocycles. The average Bonchev–Trinajstić information content (AvgIpc) is 2.93. The number of guanidine groups is 1. The van der Waals surface area contributed by atoms with Gasteiger partial charge >= 0.3 is 0 Å². The molecule has 0 radical (unpaired) electrons. The van der Waals surface area contributed by atoms with Crippen molar-refractivity contribution in [1.29, 1.82) is 0 Å². The summed E-state index contributed by atoms with van der Waals surface area (Å²) in [5, 5.41) is 3.24. The molecule has 1 heterocycles. The Morgan fingerprint density at radius 1 is 1.30 bits per heavy atom. The van der Waals surface area contributed by atoms with Gasteiger partial charge in [0.1, 0.15) is 0 Å². The number of carbonyl (C=O) groups excluding carboxylic acids is 1. The molecule has 130 valence electrons. The highest BCUT2D eigenvalue weighted by Gasteiger charge is 2.14. The molecule has 0 aliphatic rings. The predicted molar refractivity (Wildman–Crippen MR) is 99.6 cm³/mol. The number of rotatable bonds is 8. The van der Waals surface area contributed by atoms with E-state index in [0.29, 0.717) is 13.1 Å². The normalized spacial score (nSPS) is 11.4. The van der Waals surface area contributed by atoms with Gasteiger partial charge < -0.3 is 15.1 Å². The number of thiophene rings is 1. The maximum absolute atomic E-state index is 12.2. The van der Waals surface area contributed by atoms with E-state index in [1.54, 1.807) is 11.3 Å². The van der Waals surface area contributed by atoms with Gasteiger partial charge in [0, 0.05) is 44.5 Å². The second kappa shape index (κ2) is 10.5. The molecule has 1 amide bonds. The molecule has 0 aromatic carbocycles. The van der Waals surface area contributed by atoms with E-state index < -0.39 is 0 Å². The van der Waals surface area contributed by atoms with Crippen molar-refractivity contribution in [3.63, 3.8) is 0 Å². The van der Waals surface area contributed by atoms with Gasteiger partial charge in [-0.05, 0) is 32.9 Å². The summed E-state index contributed by atoms with van der Waals surface area (Å²) in [5.41, 5.74) is 0. The molecule has 0 aliphatic heterocycles. The fourth-order valence-electron chi connectivity index (χ4n) is 2.18. The van der Waals surface area contributed by atoms with Crippen molar-refractivity contribution in [2.45, 2.75) is 27.2 Å². The second-order valence-corrected chi connectivity index (χ2v) is 6.91. The van der Waals surface area contributed by atoms with Gasteiger partial charge in [-0.1, -0.05) is 11.6 Å². The summed E-state index contributed by atoms with van der Waals surface area (Å²) in [5.74, 6) is 0.879. The Morgan fingerprint density at radius 2 is 2.00 bits per heavy atom. The topological polar surface area (TPSA) is 47.9 Å². The molecule has 0 fully saturated rings. The SMILES string of the molecule is CCNC(=NCCc1ccc(Cl)s1)N(C)CC(=O)N(CC)CC. The fourth-order valence-corrected chi connectivity index (χ4v) is 3.26. The molecule has 0 bridgehead atoms. The minimum atomic E-state index is 0.119. The van der Waals surface area contributed by atoms with Crippen molar-refractivity contribution in [3.8, 4) is 0 Å². The maximum Gasteiger partial charge on any atom is 0.242 e.